The number of carbonyl (C=O) groups excluding carboxylic acids is 1. The Morgan fingerprint density at radius 2 is 2.00 bits per heavy atom. The third kappa shape index (κ3) is 2.33. The molecule has 1 saturated carbocycles. The van der Waals surface area contributed by atoms with Crippen LogP contribution in [0.15, 0.2) is 18.5 Å². The molecule has 0 radical (unpaired) electrons. The molecule has 2 N–H and O–H groups in total. The van der Waals surface area contributed by atoms with Gasteiger partial charge in [0.1, 0.15) is 0 Å². The summed E-state index contributed by atoms with van der Waals surface area (Å²) in [6, 6.07) is 1.79. The summed E-state index contributed by atoms with van der Waals surface area (Å²) in [7, 11) is 3.73. The molecular weight excluding hydrogens is 258 g/mol. The van der Waals surface area contributed by atoms with E-state index >= 15 is 0 Å². The van der Waals surface area contributed by atoms with E-state index < -0.39 is 23.2 Å². The van der Waals surface area contributed by atoms with Crippen LogP contribution < -0.4 is 10.2 Å². The first-order valence-electron chi connectivity index (χ1n) is 6.42. The van der Waals surface area contributed by atoms with Crippen molar-refractivity contribution >= 4 is 23.3 Å². The predicted molar refractivity (Wildman–Crippen MR) is 75.6 cm³/mol. The molecule has 0 unspecified atom stereocenters. The highest BCUT2D eigenvalue weighted by Gasteiger charge is 2.65. The lowest BCUT2D eigenvalue weighted by molar-refractivity contribution is -0.140. The van der Waals surface area contributed by atoms with Crippen LogP contribution in [-0.4, -0.2) is 36.1 Å². The van der Waals surface area contributed by atoms with Crippen LogP contribution in [0.1, 0.15) is 13.8 Å². The van der Waals surface area contributed by atoms with Gasteiger partial charge in [-0.2, -0.15) is 0 Å². The number of aliphatic carboxylic acids is 1. The highest BCUT2D eigenvalue weighted by Crippen LogP contribution is 2.58. The normalized spacial score (nSPS) is 23.0. The molecule has 108 valence electrons. The van der Waals surface area contributed by atoms with Crippen LogP contribution in [0.5, 0.6) is 0 Å². The Bertz CT molecular complexity index is 554. The molecule has 0 aliphatic heterocycles. The minimum Gasteiger partial charge on any atom is -0.481 e. The van der Waals surface area contributed by atoms with Crippen molar-refractivity contribution in [3.63, 3.8) is 0 Å². The Labute approximate surface area is 117 Å². The standard InChI is InChI=1S/C14H19N3O3/c1-14(2)10(11(14)13(19)20)12(18)16-8-7-15-6-5-9(8)17(3)4/h5-7,10-11H,1-4H3,(H,16,18)(H,19,20)/t10-,11+/m1/s1. The van der Waals surface area contributed by atoms with E-state index in [1.807, 2.05) is 19.0 Å². The number of rotatable bonds is 4. The summed E-state index contributed by atoms with van der Waals surface area (Å²) < 4.78 is 0. The maximum Gasteiger partial charge on any atom is 0.307 e. The maximum absolute atomic E-state index is 12.3. The third-order valence-electron chi connectivity index (χ3n) is 3.91. The average Bonchev–Trinajstić information content (AvgIpc) is 2.93. The number of nitrogens with one attached hydrogen (secondary N) is 1. The summed E-state index contributed by atoms with van der Waals surface area (Å²) in [6.07, 6.45) is 3.21. The monoisotopic (exact) mass is 277 g/mol. The zero-order valence-corrected chi connectivity index (χ0v) is 12.0. The number of carboxylic acid groups (broad SMARTS) is 1. The van der Waals surface area contributed by atoms with Crippen molar-refractivity contribution < 1.29 is 14.7 Å². The van der Waals surface area contributed by atoms with Crippen molar-refractivity contribution in [2.45, 2.75) is 13.8 Å². The lowest BCUT2D eigenvalue weighted by atomic mass is 10.1. The van der Waals surface area contributed by atoms with Gasteiger partial charge in [0, 0.05) is 20.3 Å². The molecule has 6 heteroatoms. The molecule has 0 spiro atoms. The minimum atomic E-state index is -0.922. The second-order valence-electron chi connectivity index (χ2n) is 5.89. The van der Waals surface area contributed by atoms with Gasteiger partial charge in [0.15, 0.2) is 0 Å². The summed E-state index contributed by atoms with van der Waals surface area (Å²) >= 11 is 0. The minimum absolute atomic E-state index is 0.265. The topological polar surface area (TPSA) is 82.5 Å². The van der Waals surface area contributed by atoms with Crippen LogP contribution in [0.4, 0.5) is 11.4 Å². The number of carbonyl (C=O) groups is 2. The van der Waals surface area contributed by atoms with E-state index in [0.717, 1.165) is 5.69 Å². The Kier molecular flexibility index (Phi) is 3.41. The quantitative estimate of drug-likeness (QED) is 0.870. The lowest BCUT2D eigenvalue weighted by Crippen LogP contribution is -2.20. The van der Waals surface area contributed by atoms with Gasteiger partial charge >= 0.3 is 5.97 Å². The number of aromatic nitrogens is 1. The van der Waals surface area contributed by atoms with Crippen LogP contribution in [0.2, 0.25) is 0 Å². The van der Waals surface area contributed by atoms with E-state index in [-0.39, 0.29) is 5.91 Å². The molecule has 1 aromatic heterocycles. The van der Waals surface area contributed by atoms with E-state index in [4.69, 9.17) is 5.11 Å². The van der Waals surface area contributed by atoms with E-state index in [1.165, 1.54) is 0 Å². The molecule has 0 aromatic carbocycles. The van der Waals surface area contributed by atoms with Gasteiger partial charge in [-0.3, -0.25) is 14.6 Å². The number of hydrogen-bond acceptors (Lipinski definition) is 4. The highest BCUT2D eigenvalue weighted by molar-refractivity contribution is 6.01. The molecule has 1 heterocycles. The number of pyridine rings is 1. The van der Waals surface area contributed by atoms with Crippen molar-refractivity contribution in [1.29, 1.82) is 0 Å². The van der Waals surface area contributed by atoms with E-state index in [1.54, 1.807) is 32.3 Å². The van der Waals surface area contributed by atoms with E-state index in [9.17, 15) is 9.59 Å². The van der Waals surface area contributed by atoms with E-state index in [2.05, 4.69) is 10.3 Å². The predicted octanol–water partition coefficient (Wildman–Crippen LogP) is 1.44. The third-order valence-corrected chi connectivity index (χ3v) is 3.91. The molecule has 2 rings (SSSR count). The van der Waals surface area contributed by atoms with Crippen molar-refractivity contribution in [3.8, 4) is 0 Å². The molecule has 1 aliphatic carbocycles. The molecule has 1 aromatic rings. The van der Waals surface area contributed by atoms with Gasteiger partial charge in [0.05, 0.1) is 29.4 Å². The molecule has 1 aliphatic rings. The second-order valence-corrected chi connectivity index (χ2v) is 5.89. The van der Waals surface area contributed by atoms with Crippen LogP contribution in [0, 0.1) is 17.3 Å². The fraction of sp³-hybridized carbons (Fsp3) is 0.500. The smallest absolute Gasteiger partial charge is 0.307 e. The molecule has 0 saturated heterocycles. The molecule has 1 fully saturated rings. The molecule has 6 nitrogen and oxygen atoms in total. The van der Waals surface area contributed by atoms with Crippen molar-refractivity contribution in [2.75, 3.05) is 24.3 Å². The van der Waals surface area contributed by atoms with E-state index in [0.29, 0.717) is 5.69 Å². The Balaban J connectivity index is 2.16. The van der Waals surface area contributed by atoms with Gasteiger partial charge in [-0.15, -0.1) is 0 Å². The van der Waals surface area contributed by atoms with Gasteiger partial charge in [0.2, 0.25) is 5.91 Å². The largest absolute Gasteiger partial charge is 0.481 e. The molecule has 0 bridgehead atoms. The molecule has 20 heavy (non-hydrogen) atoms. The summed E-state index contributed by atoms with van der Waals surface area (Å²) in [5.41, 5.74) is 0.921. The molecular formula is C14H19N3O3. The summed E-state index contributed by atoms with van der Waals surface area (Å²) in [6.45, 7) is 3.60. The SMILES string of the molecule is CN(C)c1ccncc1NC(=O)[C@H]1[C@@H](C(=O)O)C1(C)C. The molecule has 2 atom stereocenters. The number of carboxylic acids is 1. The summed E-state index contributed by atoms with van der Waals surface area (Å²) in [5, 5.41) is 11.9. The second kappa shape index (κ2) is 4.77. The van der Waals surface area contributed by atoms with Gasteiger partial charge in [-0.1, -0.05) is 13.8 Å². The van der Waals surface area contributed by atoms with Crippen LogP contribution in [-0.2, 0) is 9.59 Å². The number of nitrogens with zero attached hydrogens (tertiary/aromatic N) is 2. The lowest BCUT2D eigenvalue weighted by Gasteiger charge is -2.17. The van der Waals surface area contributed by atoms with Crippen LogP contribution >= 0.6 is 0 Å². The first-order chi connectivity index (χ1) is 9.26. The number of hydrogen-bond donors (Lipinski definition) is 2. The molecule has 1 amide bonds. The van der Waals surface area contributed by atoms with Crippen LogP contribution in [0.25, 0.3) is 0 Å². The number of amides is 1. The van der Waals surface area contributed by atoms with Crippen LogP contribution in [0.3, 0.4) is 0 Å². The Morgan fingerprint density at radius 3 is 2.50 bits per heavy atom. The number of anilines is 2. The van der Waals surface area contributed by atoms with Crippen molar-refractivity contribution in [2.24, 2.45) is 17.3 Å². The average molecular weight is 277 g/mol. The fourth-order valence-electron chi connectivity index (χ4n) is 2.67. The van der Waals surface area contributed by atoms with Gasteiger partial charge in [-0.05, 0) is 11.5 Å². The van der Waals surface area contributed by atoms with Crippen molar-refractivity contribution in [3.05, 3.63) is 18.5 Å². The first kappa shape index (κ1) is 14.3. The Morgan fingerprint density at radius 1 is 1.35 bits per heavy atom. The summed E-state index contributed by atoms with van der Waals surface area (Å²) in [4.78, 5) is 29.2. The van der Waals surface area contributed by atoms with Gasteiger partial charge < -0.3 is 15.3 Å². The zero-order valence-electron chi connectivity index (χ0n) is 12.0. The fourth-order valence-corrected chi connectivity index (χ4v) is 2.67. The van der Waals surface area contributed by atoms with Crippen molar-refractivity contribution in [1.82, 2.24) is 4.98 Å². The highest BCUT2D eigenvalue weighted by atomic mass is 16.4. The maximum atomic E-state index is 12.3. The zero-order chi connectivity index (χ0) is 15.1. The Hall–Kier alpha value is -2.11. The van der Waals surface area contributed by atoms with Gasteiger partial charge in [-0.25, -0.2) is 0 Å². The first-order valence-corrected chi connectivity index (χ1v) is 6.42. The summed E-state index contributed by atoms with van der Waals surface area (Å²) in [5.74, 6) is -2.31. The van der Waals surface area contributed by atoms with Gasteiger partial charge in [0.25, 0.3) is 0 Å².